The maximum absolute atomic E-state index is 12.9. The van der Waals surface area contributed by atoms with Gasteiger partial charge in [0.15, 0.2) is 0 Å². The molecule has 0 spiro atoms. The third kappa shape index (κ3) is 6.52. The van der Waals surface area contributed by atoms with Crippen molar-refractivity contribution in [2.24, 2.45) is 11.8 Å². The van der Waals surface area contributed by atoms with Gasteiger partial charge in [0.05, 0.1) is 17.6 Å². The van der Waals surface area contributed by atoms with E-state index in [9.17, 15) is 14.4 Å². The highest BCUT2D eigenvalue weighted by Gasteiger charge is 2.25. The van der Waals surface area contributed by atoms with Gasteiger partial charge in [0, 0.05) is 37.0 Å². The van der Waals surface area contributed by atoms with Crippen LogP contribution in [0.3, 0.4) is 0 Å². The van der Waals surface area contributed by atoms with Gasteiger partial charge >= 0.3 is 0 Å². The Morgan fingerprint density at radius 1 is 1.03 bits per heavy atom. The Morgan fingerprint density at radius 3 is 2.44 bits per heavy atom. The second-order valence-electron chi connectivity index (χ2n) is 9.15. The topological polar surface area (TPSA) is 100 Å². The van der Waals surface area contributed by atoms with Crippen molar-refractivity contribution in [1.29, 1.82) is 0 Å². The molecule has 3 rings (SSSR count). The molecule has 1 aliphatic carbocycles. The highest BCUT2D eigenvalue weighted by Crippen LogP contribution is 2.36. The molecule has 1 fully saturated rings. The maximum atomic E-state index is 12.9. The Labute approximate surface area is 189 Å². The van der Waals surface area contributed by atoms with Crippen LogP contribution in [-0.2, 0) is 9.59 Å². The first-order valence-electron chi connectivity index (χ1n) is 11.5. The van der Waals surface area contributed by atoms with Crippen LogP contribution in [0, 0.1) is 11.8 Å². The second-order valence-corrected chi connectivity index (χ2v) is 9.15. The summed E-state index contributed by atoms with van der Waals surface area (Å²) in [4.78, 5) is 40.5. The van der Waals surface area contributed by atoms with Gasteiger partial charge in [0.25, 0.3) is 5.91 Å². The van der Waals surface area contributed by atoms with E-state index < -0.39 is 0 Å². The van der Waals surface area contributed by atoms with Crippen molar-refractivity contribution < 1.29 is 14.4 Å². The Bertz CT molecular complexity index is 965. The first kappa shape index (κ1) is 23.7. The Hall–Kier alpha value is -2.96. The number of amides is 3. The summed E-state index contributed by atoms with van der Waals surface area (Å²) < 4.78 is 0. The second kappa shape index (κ2) is 11.1. The van der Waals surface area contributed by atoms with Crippen LogP contribution in [0.15, 0.2) is 30.3 Å². The molecule has 0 unspecified atom stereocenters. The van der Waals surface area contributed by atoms with Gasteiger partial charge in [-0.1, -0.05) is 32.0 Å². The molecule has 3 amide bonds. The number of benzene rings is 1. The number of hydrogen-bond acceptors (Lipinski definition) is 4. The lowest BCUT2D eigenvalue weighted by atomic mass is 9.80. The van der Waals surface area contributed by atoms with Gasteiger partial charge < -0.3 is 16.0 Å². The molecule has 1 heterocycles. The molecule has 172 valence electrons. The van der Waals surface area contributed by atoms with Crippen LogP contribution in [0.25, 0.3) is 10.9 Å². The number of hydrogen-bond donors (Lipinski definition) is 3. The van der Waals surface area contributed by atoms with Crippen molar-refractivity contribution in [3.63, 3.8) is 0 Å². The fourth-order valence-electron chi connectivity index (χ4n) is 4.17. The van der Waals surface area contributed by atoms with Crippen LogP contribution in [0.2, 0.25) is 0 Å². The molecule has 0 atom stereocenters. The summed E-state index contributed by atoms with van der Waals surface area (Å²) in [6.07, 6.45) is 3.94. The molecule has 1 aliphatic rings. The van der Waals surface area contributed by atoms with Crippen molar-refractivity contribution in [2.45, 2.75) is 52.4 Å². The van der Waals surface area contributed by atoms with E-state index in [1.807, 2.05) is 30.3 Å². The van der Waals surface area contributed by atoms with E-state index in [-0.39, 0.29) is 24.3 Å². The summed E-state index contributed by atoms with van der Waals surface area (Å²) in [5, 5.41) is 9.35. The van der Waals surface area contributed by atoms with Crippen LogP contribution in [0.1, 0.15) is 68.4 Å². The van der Waals surface area contributed by atoms with Crippen LogP contribution in [0.5, 0.6) is 0 Å². The minimum Gasteiger partial charge on any atom is -0.354 e. The zero-order valence-electron chi connectivity index (χ0n) is 19.2. The highest BCUT2D eigenvalue weighted by atomic mass is 16.2. The number of pyridine rings is 1. The van der Waals surface area contributed by atoms with Gasteiger partial charge in [-0.15, -0.1) is 0 Å². The number of carbonyl (C=O) groups is 3. The van der Waals surface area contributed by atoms with Gasteiger partial charge in [-0.25, -0.2) is 0 Å². The molecule has 0 saturated heterocycles. The predicted molar refractivity (Wildman–Crippen MR) is 125 cm³/mol. The SMILES string of the molecule is CC(=O)NCC(=O)NCC1CCC(c2cc(C(=O)NCC(C)C)c3ccccc3n2)CC1. The van der Waals surface area contributed by atoms with Gasteiger partial charge in [0.1, 0.15) is 0 Å². The minimum absolute atomic E-state index is 0.0212. The van der Waals surface area contributed by atoms with Crippen LogP contribution in [-0.4, -0.2) is 42.3 Å². The first-order chi connectivity index (χ1) is 15.3. The zero-order chi connectivity index (χ0) is 23.1. The number of aromatic nitrogens is 1. The molecular formula is C25H34N4O3. The van der Waals surface area contributed by atoms with E-state index in [0.29, 0.717) is 36.4 Å². The van der Waals surface area contributed by atoms with E-state index in [0.717, 1.165) is 42.3 Å². The molecule has 2 aromatic rings. The van der Waals surface area contributed by atoms with Gasteiger partial charge in [-0.05, 0) is 49.7 Å². The monoisotopic (exact) mass is 438 g/mol. The van der Waals surface area contributed by atoms with Gasteiger partial charge in [0.2, 0.25) is 11.8 Å². The van der Waals surface area contributed by atoms with E-state index in [2.05, 4.69) is 29.8 Å². The van der Waals surface area contributed by atoms with Crippen LogP contribution < -0.4 is 16.0 Å². The number of carbonyl (C=O) groups excluding carboxylic acids is 3. The summed E-state index contributed by atoms with van der Waals surface area (Å²) in [7, 11) is 0. The van der Waals surface area contributed by atoms with Crippen molar-refractivity contribution in [3.8, 4) is 0 Å². The fraction of sp³-hybridized carbons (Fsp3) is 0.520. The summed E-state index contributed by atoms with van der Waals surface area (Å²) in [6.45, 7) is 6.85. The molecule has 1 saturated carbocycles. The maximum Gasteiger partial charge on any atom is 0.252 e. The quantitative estimate of drug-likeness (QED) is 0.589. The van der Waals surface area contributed by atoms with E-state index in [1.165, 1.54) is 6.92 Å². The molecule has 1 aromatic carbocycles. The lowest BCUT2D eigenvalue weighted by molar-refractivity contribution is -0.125. The van der Waals surface area contributed by atoms with E-state index >= 15 is 0 Å². The molecule has 0 bridgehead atoms. The smallest absolute Gasteiger partial charge is 0.252 e. The normalized spacial score (nSPS) is 18.4. The summed E-state index contributed by atoms with van der Waals surface area (Å²) in [5.74, 6) is 0.704. The number of rotatable bonds is 8. The third-order valence-electron chi connectivity index (χ3n) is 6.00. The molecule has 0 radical (unpaired) electrons. The van der Waals surface area contributed by atoms with Gasteiger partial charge in [-0.2, -0.15) is 0 Å². The largest absolute Gasteiger partial charge is 0.354 e. The predicted octanol–water partition coefficient (Wildman–Crippen LogP) is 3.15. The summed E-state index contributed by atoms with van der Waals surface area (Å²) >= 11 is 0. The van der Waals surface area contributed by atoms with Crippen LogP contribution >= 0.6 is 0 Å². The molecule has 7 heteroatoms. The zero-order valence-corrected chi connectivity index (χ0v) is 19.2. The molecule has 7 nitrogen and oxygen atoms in total. The van der Waals surface area contributed by atoms with Crippen LogP contribution in [0.4, 0.5) is 0 Å². The Morgan fingerprint density at radius 2 is 1.75 bits per heavy atom. The highest BCUT2D eigenvalue weighted by molar-refractivity contribution is 6.06. The van der Waals surface area contributed by atoms with E-state index in [1.54, 1.807) is 0 Å². The first-order valence-corrected chi connectivity index (χ1v) is 11.5. The Balaban J connectivity index is 1.64. The average Bonchev–Trinajstić information content (AvgIpc) is 2.79. The molecule has 32 heavy (non-hydrogen) atoms. The average molecular weight is 439 g/mol. The van der Waals surface area contributed by atoms with E-state index in [4.69, 9.17) is 4.98 Å². The number of para-hydroxylation sites is 1. The molecule has 3 N–H and O–H groups in total. The lowest BCUT2D eigenvalue weighted by Crippen LogP contribution is -2.38. The van der Waals surface area contributed by atoms with Crippen molar-refractivity contribution in [3.05, 3.63) is 41.6 Å². The molecule has 1 aromatic heterocycles. The van der Waals surface area contributed by atoms with Crippen molar-refractivity contribution in [1.82, 2.24) is 20.9 Å². The number of nitrogens with zero attached hydrogens (tertiary/aromatic N) is 1. The molecule has 0 aliphatic heterocycles. The summed E-state index contributed by atoms with van der Waals surface area (Å²) in [5.41, 5.74) is 2.53. The van der Waals surface area contributed by atoms with Crippen molar-refractivity contribution >= 4 is 28.6 Å². The van der Waals surface area contributed by atoms with Gasteiger partial charge in [-0.3, -0.25) is 19.4 Å². The minimum atomic E-state index is -0.208. The number of fused-ring (bicyclic) bond motifs is 1. The molecular weight excluding hydrogens is 404 g/mol. The standard InChI is InChI=1S/C25H34N4O3/c1-16(2)13-28-25(32)21-12-23(29-22-7-5-4-6-20(21)22)19-10-8-18(9-11-19)14-27-24(31)15-26-17(3)30/h4-7,12,16,18-19H,8-11,13-15H2,1-3H3,(H,26,30)(H,27,31)(H,28,32). The Kier molecular flexibility index (Phi) is 8.20. The fourth-order valence-corrected chi connectivity index (χ4v) is 4.17. The third-order valence-corrected chi connectivity index (χ3v) is 6.00. The van der Waals surface area contributed by atoms with Crippen molar-refractivity contribution in [2.75, 3.05) is 19.6 Å². The summed E-state index contributed by atoms with van der Waals surface area (Å²) in [6, 6.07) is 9.78. The number of nitrogens with one attached hydrogen (secondary N) is 3. The lowest BCUT2D eigenvalue weighted by Gasteiger charge is -2.28.